The van der Waals surface area contributed by atoms with Gasteiger partial charge in [-0.15, -0.1) is 0 Å². The van der Waals surface area contributed by atoms with E-state index in [0.717, 1.165) is 89.1 Å². The Labute approximate surface area is 371 Å². The number of fused-ring (bicyclic) bond motifs is 6. The fourth-order valence-electron chi connectivity index (χ4n) is 9.11. The smallest absolute Gasteiger partial charge is 0.159 e. The van der Waals surface area contributed by atoms with Crippen LogP contribution in [0.5, 0.6) is 0 Å². The molecule has 2 aromatic heterocycles. The number of furan rings is 2. The van der Waals surface area contributed by atoms with Gasteiger partial charge in [-0.05, 0) is 118 Å². The highest BCUT2D eigenvalue weighted by Gasteiger charge is 2.20. The molecule has 0 radical (unpaired) electrons. The van der Waals surface area contributed by atoms with Gasteiger partial charge >= 0.3 is 0 Å². The van der Waals surface area contributed by atoms with Crippen LogP contribution < -0.4 is 9.80 Å². The molecule has 0 aliphatic rings. The largest absolute Gasteiger partial charge is 0.456 e. The van der Waals surface area contributed by atoms with E-state index in [1.54, 1.807) is 0 Å². The van der Waals surface area contributed by atoms with Gasteiger partial charge in [-0.1, -0.05) is 158 Å². The van der Waals surface area contributed by atoms with E-state index >= 15 is 0 Å². The molecule has 0 saturated carbocycles. The normalized spacial score (nSPS) is 11.4. The lowest BCUT2D eigenvalue weighted by Crippen LogP contribution is -2.10. The molecule has 0 spiro atoms. The Morgan fingerprint density at radius 3 is 1.12 bits per heavy atom. The van der Waals surface area contributed by atoms with Crippen LogP contribution in [-0.4, -0.2) is 0 Å². The van der Waals surface area contributed by atoms with Crippen LogP contribution in [-0.2, 0) is 0 Å². The summed E-state index contributed by atoms with van der Waals surface area (Å²) in [5.74, 6) is 0. The molecular weight excluding hydrogens is 781 g/mol. The number of hydrogen-bond acceptors (Lipinski definition) is 4. The van der Waals surface area contributed by atoms with Gasteiger partial charge in [-0.25, -0.2) is 0 Å². The Hall–Kier alpha value is -8.60. The van der Waals surface area contributed by atoms with Gasteiger partial charge < -0.3 is 18.6 Å². The van der Waals surface area contributed by atoms with Crippen LogP contribution in [0.25, 0.3) is 77.3 Å². The summed E-state index contributed by atoms with van der Waals surface area (Å²) in [6, 6.07) is 85.8. The van der Waals surface area contributed by atoms with Crippen LogP contribution in [0.3, 0.4) is 0 Å². The van der Waals surface area contributed by atoms with Crippen molar-refractivity contribution in [2.45, 2.75) is 0 Å². The molecule has 10 aromatic carbocycles. The van der Waals surface area contributed by atoms with Gasteiger partial charge in [0.05, 0.1) is 5.69 Å². The van der Waals surface area contributed by atoms with Gasteiger partial charge in [-0.3, -0.25) is 0 Å². The summed E-state index contributed by atoms with van der Waals surface area (Å²) in [5, 5.41) is 4.40. The second-order valence-corrected chi connectivity index (χ2v) is 16.1. The first-order valence-corrected chi connectivity index (χ1v) is 21.7. The van der Waals surface area contributed by atoms with Crippen LogP contribution in [0, 0.1) is 0 Å². The first-order valence-electron chi connectivity index (χ1n) is 21.7. The topological polar surface area (TPSA) is 32.8 Å². The van der Waals surface area contributed by atoms with E-state index in [4.69, 9.17) is 8.83 Å². The first kappa shape index (κ1) is 37.2. The number of para-hydroxylation sites is 3. The van der Waals surface area contributed by atoms with Crippen molar-refractivity contribution in [3.63, 3.8) is 0 Å². The molecule has 302 valence electrons. The highest BCUT2D eigenvalue weighted by Crippen LogP contribution is 2.44. The minimum Gasteiger partial charge on any atom is -0.456 e. The molecule has 4 heteroatoms. The Balaban J connectivity index is 0.912. The molecular formula is C60H40N2O2. The van der Waals surface area contributed by atoms with Crippen LogP contribution in [0.2, 0.25) is 0 Å². The molecule has 0 atom stereocenters. The summed E-state index contributed by atoms with van der Waals surface area (Å²) in [7, 11) is 0. The molecule has 2 heterocycles. The SMILES string of the molecule is c1ccc(-c2ccc(N(c3ccc(-c4ccc(N(c5ccc(-c6ccccc6)cc5)c5cccc6c5oc5ccccc56)cc4)cc3)c3ccc4oc5ccccc5c4c3)cc2)cc1. The number of nitrogens with zero attached hydrogens (tertiary/aromatic N) is 2. The van der Waals surface area contributed by atoms with Crippen molar-refractivity contribution in [2.75, 3.05) is 9.80 Å². The Bertz CT molecular complexity index is 3570. The molecule has 0 fully saturated rings. The summed E-state index contributed by atoms with van der Waals surface area (Å²) >= 11 is 0. The minimum atomic E-state index is 0.856. The lowest BCUT2D eigenvalue weighted by Gasteiger charge is -2.26. The fourth-order valence-corrected chi connectivity index (χ4v) is 9.11. The molecule has 4 nitrogen and oxygen atoms in total. The molecule has 12 rings (SSSR count). The van der Waals surface area contributed by atoms with E-state index < -0.39 is 0 Å². The van der Waals surface area contributed by atoms with Crippen molar-refractivity contribution in [2.24, 2.45) is 0 Å². The Kier molecular flexibility index (Phi) is 9.12. The van der Waals surface area contributed by atoms with Crippen molar-refractivity contribution < 1.29 is 8.83 Å². The maximum absolute atomic E-state index is 6.60. The Morgan fingerprint density at radius 2 is 0.609 bits per heavy atom. The maximum Gasteiger partial charge on any atom is 0.159 e. The average molecular weight is 821 g/mol. The third-order valence-corrected chi connectivity index (χ3v) is 12.3. The molecule has 0 aliphatic carbocycles. The van der Waals surface area contributed by atoms with Crippen molar-refractivity contribution in [3.05, 3.63) is 243 Å². The summed E-state index contributed by atoms with van der Waals surface area (Å²) in [5.41, 5.74) is 16.7. The van der Waals surface area contributed by atoms with E-state index in [-0.39, 0.29) is 0 Å². The highest BCUT2D eigenvalue weighted by atomic mass is 16.3. The van der Waals surface area contributed by atoms with Crippen molar-refractivity contribution in [1.82, 2.24) is 0 Å². The van der Waals surface area contributed by atoms with Gasteiger partial charge in [-0.2, -0.15) is 0 Å². The molecule has 0 amide bonds. The lowest BCUT2D eigenvalue weighted by atomic mass is 10.0. The minimum absolute atomic E-state index is 0.856. The van der Waals surface area contributed by atoms with Gasteiger partial charge in [0.25, 0.3) is 0 Å². The summed E-state index contributed by atoms with van der Waals surface area (Å²) in [6.07, 6.45) is 0. The first-order chi connectivity index (χ1) is 31.7. The number of hydrogen-bond donors (Lipinski definition) is 0. The molecule has 0 unspecified atom stereocenters. The van der Waals surface area contributed by atoms with E-state index in [1.807, 2.05) is 24.3 Å². The lowest BCUT2D eigenvalue weighted by molar-refractivity contribution is 0.668. The highest BCUT2D eigenvalue weighted by molar-refractivity contribution is 6.10. The molecule has 0 aliphatic heterocycles. The third kappa shape index (κ3) is 6.66. The van der Waals surface area contributed by atoms with Crippen LogP contribution >= 0.6 is 0 Å². The third-order valence-electron chi connectivity index (χ3n) is 12.3. The van der Waals surface area contributed by atoms with Crippen molar-refractivity contribution in [3.8, 4) is 33.4 Å². The molecule has 12 aromatic rings. The van der Waals surface area contributed by atoms with Crippen LogP contribution in [0.1, 0.15) is 0 Å². The van der Waals surface area contributed by atoms with E-state index in [2.05, 4.69) is 228 Å². The Morgan fingerprint density at radius 1 is 0.234 bits per heavy atom. The summed E-state index contributed by atoms with van der Waals surface area (Å²) < 4.78 is 12.8. The van der Waals surface area contributed by atoms with Crippen LogP contribution in [0.15, 0.2) is 251 Å². The fraction of sp³-hybridized carbons (Fsp3) is 0. The van der Waals surface area contributed by atoms with Gasteiger partial charge in [0, 0.05) is 50.0 Å². The second-order valence-electron chi connectivity index (χ2n) is 16.1. The molecule has 0 N–H and O–H groups in total. The monoisotopic (exact) mass is 820 g/mol. The van der Waals surface area contributed by atoms with Crippen LogP contribution in [0.4, 0.5) is 34.1 Å². The zero-order chi connectivity index (χ0) is 42.4. The molecule has 64 heavy (non-hydrogen) atoms. The second kappa shape index (κ2) is 15.7. The number of anilines is 6. The van der Waals surface area contributed by atoms with E-state index in [0.29, 0.717) is 0 Å². The molecule has 0 saturated heterocycles. The van der Waals surface area contributed by atoms with Gasteiger partial charge in [0.15, 0.2) is 5.58 Å². The standard InChI is InChI=1S/C60H40N2O2/c1-3-12-41(13-4-1)43-22-30-47(31-23-43)61(51-38-39-59-55(40-51)53-17-8-9-20-57(53)63-59)48-32-24-45(25-33-48)46-28-36-50(37-29-46)62(49-34-26-44(27-35-49)42-14-5-2-6-15-42)56-19-11-18-54-52-16-7-10-21-58(52)64-60(54)56/h1-40H. The summed E-state index contributed by atoms with van der Waals surface area (Å²) in [6.45, 7) is 0. The predicted molar refractivity (Wildman–Crippen MR) is 267 cm³/mol. The number of rotatable bonds is 9. The van der Waals surface area contributed by atoms with Gasteiger partial charge in [0.2, 0.25) is 0 Å². The van der Waals surface area contributed by atoms with E-state index in [1.165, 1.54) is 22.3 Å². The zero-order valence-electron chi connectivity index (χ0n) is 34.8. The van der Waals surface area contributed by atoms with Gasteiger partial charge in [0.1, 0.15) is 16.7 Å². The zero-order valence-corrected chi connectivity index (χ0v) is 34.8. The van der Waals surface area contributed by atoms with Crippen molar-refractivity contribution >= 4 is 78.0 Å². The average Bonchev–Trinajstić information content (AvgIpc) is 3.94. The number of benzene rings is 10. The quantitative estimate of drug-likeness (QED) is 0.145. The maximum atomic E-state index is 6.60. The van der Waals surface area contributed by atoms with E-state index in [9.17, 15) is 0 Å². The summed E-state index contributed by atoms with van der Waals surface area (Å²) in [4.78, 5) is 4.62. The molecule has 0 bridgehead atoms. The van der Waals surface area contributed by atoms with Crippen molar-refractivity contribution in [1.29, 1.82) is 0 Å². The predicted octanol–water partition coefficient (Wildman–Crippen LogP) is 17.4.